The van der Waals surface area contributed by atoms with E-state index in [0.717, 1.165) is 48.1 Å². The van der Waals surface area contributed by atoms with Crippen LogP contribution < -0.4 is 10.6 Å². The number of hydrogen-bond donors (Lipinski definition) is 3. The molecule has 5 heteroatoms. The largest absolute Gasteiger partial charge is 0.345 e. The average Bonchev–Trinajstić information content (AvgIpc) is 3.21. The molecule has 1 aliphatic heterocycles. The van der Waals surface area contributed by atoms with Gasteiger partial charge in [0.15, 0.2) is 0 Å². The van der Waals surface area contributed by atoms with E-state index < -0.39 is 0 Å². The lowest BCUT2D eigenvalue weighted by Crippen LogP contribution is -2.35. The number of nitrogens with zero attached hydrogens (tertiary/aromatic N) is 1. The quantitative estimate of drug-likeness (QED) is 0.613. The van der Waals surface area contributed by atoms with Crippen LogP contribution in [0.25, 0.3) is 11.0 Å². The summed E-state index contributed by atoms with van der Waals surface area (Å²) in [6.45, 7) is 4.34. The van der Waals surface area contributed by atoms with E-state index in [9.17, 15) is 4.79 Å². The molecule has 2 aromatic carbocycles. The first-order chi connectivity index (χ1) is 13.7. The lowest BCUT2D eigenvalue weighted by atomic mass is 9.84. The van der Waals surface area contributed by atoms with Gasteiger partial charge in [-0.25, -0.2) is 4.98 Å². The highest BCUT2D eigenvalue weighted by molar-refractivity contribution is 5.79. The summed E-state index contributed by atoms with van der Waals surface area (Å²) in [6, 6.07) is 16.1. The van der Waals surface area contributed by atoms with Crippen molar-refractivity contribution in [2.24, 2.45) is 11.8 Å². The first-order valence-corrected chi connectivity index (χ1v) is 10.2. The maximum atomic E-state index is 12.9. The molecule has 2 atom stereocenters. The van der Waals surface area contributed by atoms with Gasteiger partial charge in [0, 0.05) is 6.42 Å². The van der Waals surface area contributed by atoms with Crippen molar-refractivity contribution in [1.29, 1.82) is 0 Å². The van der Waals surface area contributed by atoms with E-state index in [4.69, 9.17) is 0 Å². The first-order valence-electron chi connectivity index (χ1n) is 10.2. The number of nitrogens with one attached hydrogen (secondary N) is 3. The number of carbonyl (C=O) groups excluding carboxylic acids is 1. The normalized spacial score (nSPS) is 17.3. The van der Waals surface area contributed by atoms with Crippen LogP contribution in [-0.2, 0) is 4.79 Å². The van der Waals surface area contributed by atoms with Gasteiger partial charge >= 0.3 is 0 Å². The fourth-order valence-corrected chi connectivity index (χ4v) is 4.23. The molecule has 0 spiro atoms. The van der Waals surface area contributed by atoms with Gasteiger partial charge in [0.05, 0.1) is 23.4 Å². The molecule has 1 amide bonds. The lowest BCUT2D eigenvalue weighted by molar-refractivity contribution is -0.122. The molecule has 1 aromatic heterocycles. The Morgan fingerprint density at radius 2 is 1.93 bits per heavy atom. The molecule has 0 bridgehead atoms. The van der Waals surface area contributed by atoms with Crippen LogP contribution in [0.4, 0.5) is 0 Å². The number of aromatic nitrogens is 2. The first kappa shape index (κ1) is 18.7. The van der Waals surface area contributed by atoms with Gasteiger partial charge in [-0.2, -0.15) is 0 Å². The number of carbonyl (C=O) groups is 1. The van der Waals surface area contributed by atoms with Gasteiger partial charge in [-0.3, -0.25) is 4.79 Å². The highest BCUT2D eigenvalue weighted by atomic mass is 16.1. The fraction of sp³-hybridized carbons (Fsp3) is 0.391. The van der Waals surface area contributed by atoms with Gasteiger partial charge in [0.2, 0.25) is 5.91 Å². The molecule has 2 unspecified atom stereocenters. The minimum Gasteiger partial charge on any atom is -0.345 e. The third kappa shape index (κ3) is 4.25. The number of hydrogen-bond acceptors (Lipinski definition) is 3. The minimum absolute atomic E-state index is 0.115. The Morgan fingerprint density at radius 1 is 1.14 bits per heavy atom. The summed E-state index contributed by atoms with van der Waals surface area (Å²) in [7, 11) is 0. The Labute approximate surface area is 166 Å². The van der Waals surface area contributed by atoms with Gasteiger partial charge < -0.3 is 15.6 Å². The molecule has 1 saturated heterocycles. The van der Waals surface area contributed by atoms with Crippen LogP contribution in [0.2, 0.25) is 0 Å². The third-order valence-corrected chi connectivity index (χ3v) is 5.91. The second-order valence-corrected chi connectivity index (χ2v) is 7.86. The molecule has 1 fully saturated rings. The molecule has 0 radical (unpaired) electrons. The number of fused-ring (bicyclic) bond motifs is 1. The van der Waals surface area contributed by atoms with E-state index in [-0.39, 0.29) is 11.9 Å². The molecule has 0 saturated carbocycles. The second-order valence-electron chi connectivity index (χ2n) is 7.86. The highest BCUT2D eigenvalue weighted by Crippen LogP contribution is 2.27. The highest BCUT2D eigenvalue weighted by Gasteiger charge is 2.24. The molecule has 4 rings (SSSR count). The van der Waals surface area contributed by atoms with E-state index >= 15 is 0 Å². The molecule has 5 nitrogen and oxygen atoms in total. The predicted molar refractivity (Wildman–Crippen MR) is 112 cm³/mol. The smallest absolute Gasteiger partial charge is 0.221 e. The zero-order valence-electron chi connectivity index (χ0n) is 16.3. The third-order valence-electron chi connectivity index (χ3n) is 5.91. The van der Waals surface area contributed by atoms with Crippen LogP contribution in [0.15, 0.2) is 54.9 Å². The predicted octanol–water partition coefficient (Wildman–Crippen LogP) is 3.79. The van der Waals surface area contributed by atoms with Gasteiger partial charge in [-0.15, -0.1) is 0 Å². The van der Waals surface area contributed by atoms with Gasteiger partial charge in [0.1, 0.15) is 0 Å². The van der Waals surface area contributed by atoms with Crippen LogP contribution in [0.1, 0.15) is 43.4 Å². The lowest BCUT2D eigenvalue weighted by Gasteiger charge is -2.28. The maximum Gasteiger partial charge on any atom is 0.221 e. The van der Waals surface area contributed by atoms with E-state index in [0.29, 0.717) is 18.3 Å². The van der Waals surface area contributed by atoms with Gasteiger partial charge in [-0.05, 0) is 61.0 Å². The van der Waals surface area contributed by atoms with Crippen LogP contribution in [0.3, 0.4) is 0 Å². The van der Waals surface area contributed by atoms with Crippen molar-refractivity contribution in [3.8, 4) is 0 Å². The summed E-state index contributed by atoms with van der Waals surface area (Å²) >= 11 is 0. The van der Waals surface area contributed by atoms with E-state index in [2.05, 4.69) is 51.8 Å². The number of piperidine rings is 1. The summed E-state index contributed by atoms with van der Waals surface area (Å²) in [5.74, 6) is 1.14. The summed E-state index contributed by atoms with van der Waals surface area (Å²) < 4.78 is 0. The topological polar surface area (TPSA) is 69.8 Å². The zero-order valence-corrected chi connectivity index (χ0v) is 16.3. The number of aromatic amines is 1. The summed E-state index contributed by atoms with van der Waals surface area (Å²) in [5, 5.41) is 6.69. The van der Waals surface area contributed by atoms with Crippen molar-refractivity contribution >= 4 is 16.9 Å². The zero-order chi connectivity index (χ0) is 19.3. The van der Waals surface area contributed by atoms with Crippen molar-refractivity contribution in [2.75, 3.05) is 13.1 Å². The molecule has 2 heterocycles. The Balaban J connectivity index is 1.53. The van der Waals surface area contributed by atoms with E-state index in [1.807, 2.05) is 24.3 Å². The summed E-state index contributed by atoms with van der Waals surface area (Å²) in [4.78, 5) is 20.4. The number of rotatable bonds is 6. The van der Waals surface area contributed by atoms with Crippen molar-refractivity contribution in [1.82, 2.24) is 20.6 Å². The molecule has 0 aliphatic carbocycles. The number of amides is 1. The number of benzene rings is 2. The monoisotopic (exact) mass is 376 g/mol. The molecular formula is C23H28N4O. The van der Waals surface area contributed by atoms with E-state index in [1.54, 1.807) is 6.33 Å². The molecule has 1 aliphatic rings. The fourth-order valence-electron chi connectivity index (χ4n) is 4.23. The van der Waals surface area contributed by atoms with Crippen LogP contribution in [-0.4, -0.2) is 29.0 Å². The summed E-state index contributed by atoms with van der Waals surface area (Å²) in [6.07, 6.45) is 4.59. The number of H-pyrrole nitrogens is 1. The van der Waals surface area contributed by atoms with Gasteiger partial charge in [0.25, 0.3) is 0 Å². The maximum absolute atomic E-state index is 12.9. The van der Waals surface area contributed by atoms with Gasteiger partial charge in [-0.1, -0.05) is 43.3 Å². The number of imidazole rings is 1. The molecule has 3 N–H and O–H groups in total. The Bertz CT molecular complexity index is 915. The van der Waals surface area contributed by atoms with Crippen LogP contribution in [0.5, 0.6) is 0 Å². The Kier molecular flexibility index (Phi) is 5.72. The molecule has 3 aromatic rings. The SMILES string of the molecule is CC(CC(=O)NC(c1ccccc1)c1ccc2nc[nH]c2c1)C1CCNCC1. The second kappa shape index (κ2) is 8.57. The van der Waals surface area contributed by atoms with Crippen molar-refractivity contribution < 1.29 is 4.79 Å². The summed E-state index contributed by atoms with van der Waals surface area (Å²) in [5.41, 5.74) is 4.06. The molecular weight excluding hydrogens is 348 g/mol. The average molecular weight is 377 g/mol. The van der Waals surface area contributed by atoms with Crippen molar-refractivity contribution in [3.05, 3.63) is 66.0 Å². The Hall–Kier alpha value is -2.66. The molecule has 146 valence electrons. The van der Waals surface area contributed by atoms with Crippen LogP contribution in [0, 0.1) is 11.8 Å². The standard InChI is InChI=1S/C23H28N4O/c1-16(17-9-11-24-12-10-17)13-22(28)27-23(18-5-3-2-4-6-18)19-7-8-20-21(14-19)26-15-25-20/h2-8,14-17,23-24H,9-13H2,1H3,(H,25,26)(H,27,28). The van der Waals surface area contributed by atoms with Crippen LogP contribution >= 0.6 is 0 Å². The van der Waals surface area contributed by atoms with Crippen molar-refractivity contribution in [2.45, 2.75) is 32.2 Å². The van der Waals surface area contributed by atoms with Crippen molar-refractivity contribution in [3.63, 3.8) is 0 Å². The molecule has 28 heavy (non-hydrogen) atoms. The van der Waals surface area contributed by atoms with E-state index in [1.165, 1.54) is 0 Å². The Morgan fingerprint density at radius 3 is 2.71 bits per heavy atom. The minimum atomic E-state index is -0.165.